The average Bonchev–Trinajstić information content (AvgIpc) is 3.41. The summed E-state index contributed by atoms with van der Waals surface area (Å²) in [4.78, 5) is 17.6. The molecule has 0 saturated carbocycles. The summed E-state index contributed by atoms with van der Waals surface area (Å²) in [6, 6.07) is 10.4. The minimum atomic E-state index is -3.86. The van der Waals surface area contributed by atoms with E-state index in [1.807, 2.05) is 30.3 Å². The molecule has 8 nitrogen and oxygen atoms in total. The number of pyridine rings is 1. The first kappa shape index (κ1) is 18.0. The van der Waals surface area contributed by atoms with Gasteiger partial charge in [-0.3, -0.25) is 14.5 Å². The lowest BCUT2D eigenvalue weighted by molar-refractivity contribution is -0.121. The van der Waals surface area contributed by atoms with Crippen LogP contribution in [0.2, 0.25) is 0 Å². The molecule has 2 aliphatic heterocycles. The smallest absolute Gasteiger partial charge is 0.246 e. The molecule has 0 radical (unpaired) electrons. The first-order valence-corrected chi connectivity index (χ1v) is 10.7. The second-order valence-corrected chi connectivity index (χ2v) is 9.27. The number of aryl methyl sites for hydroxylation is 1. The summed E-state index contributed by atoms with van der Waals surface area (Å²) in [5, 5.41) is 6.96. The van der Waals surface area contributed by atoms with Crippen molar-refractivity contribution in [2.75, 3.05) is 11.9 Å². The normalized spacial score (nSPS) is 24.0. The van der Waals surface area contributed by atoms with Crippen molar-refractivity contribution in [3.05, 3.63) is 72.3 Å². The van der Waals surface area contributed by atoms with Crippen molar-refractivity contribution in [3.63, 3.8) is 0 Å². The van der Waals surface area contributed by atoms with E-state index in [0.29, 0.717) is 12.0 Å². The molecule has 5 rings (SSSR count). The molecule has 3 aromatic rings. The highest BCUT2D eigenvalue weighted by atomic mass is 32.2. The highest BCUT2D eigenvalue weighted by Gasteiger charge is 2.61. The maximum atomic E-state index is 13.5. The number of para-hydroxylation sites is 1. The summed E-state index contributed by atoms with van der Waals surface area (Å²) in [6.07, 6.45) is 6.47. The van der Waals surface area contributed by atoms with Crippen LogP contribution in [0, 0.1) is 0 Å². The molecule has 1 N–H and O–H groups in total. The minimum absolute atomic E-state index is 0.109. The number of nitrogens with zero attached hydrogens (tertiary/aromatic N) is 4. The summed E-state index contributed by atoms with van der Waals surface area (Å²) in [6.45, 7) is 0.221. The van der Waals surface area contributed by atoms with E-state index >= 15 is 0 Å². The van der Waals surface area contributed by atoms with Crippen molar-refractivity contribution in [2.24, 2.45) is 7.05 Å². The third-order valence-corrected chi connectivity index (χ3v) is 7.65. The molecule has 2 aromatic heterocycles. The molecule has 1 aromatic carbocycles. The van der Waals surface area contributed by atoms with Gasteiger partial charge in [-0.2, -0.15) is 9.40 Å². The van der Waals surface area contributed by atoms with Gasteiger partial charge in [0.1, 0.15) is 4.90 Å². The number of nitrogens with one attached hydrogen (secondary N) is 1. The first-order valence-electron chi connectivity index (χ1n) is 9.26. The number of carbonyl (C=O) groups excluding carboxylic acids is 1. The van der Waals surface area contributed by atoms with Crippen LogP contribution in [0.1, 0.15) is 23.6 Å². The number of hydrogen-bond donors (Lipinski definition) is 1. The third kappa shape index (κ3) is 2.47. The number of aromatic nitrogens is 3. The summed E-state index contributed by atoms with van der Waals surface area (Å²) in [7, 11) is -2.19. The van der Waals surface area contributed by atoms with Crippen LogP contribution in [0.3, 0.4) is 0 Å². The van der Waals surface area contributed by atoms with E-state index in [9.17, 15) is 13.2 Å². The van der Waals surface area contributed by atoms with Gasteiger partial charge in [0.05, 0.1) is 17.7 Å². The number of sulfonamides is 1. The second kappa shape index (κ2) is 6.23. The average molecular weight is 409 g/mol. The quantitative estimate of drug-likeness (QED) is 0.712. The molecule has 9 heteroatoms. The lowest BCUT2D eigenvalue weighted by atomic mass is 9.73. The van der Waals surface area contributed by atoms with E-state index in [2.05, 4.69) is 15.4 Å². The molecule has 0 aliphatic carbocycles. The van der Waals surface area contributed by atoms with Gasteiger partial charge in [0.15, 0.2) is 0 Å². The Morgan fingerprint density at radius 1 is 1.17 bits per heavy atom. The maximum Gasteiger partial charge on any atom is 0.246 e. The summed E-state index contributed by atoms with van der Waals surface area (Å²) < 4.78 is 29.9. The fourth-order valence-corrected chi connectivity index (χ4v) is 6.22. The Morgan fingerprint density at radius 2 is 2.00 bits per heavy atom. The molecule has 2 aliphatic rings. The van der Waals surface area contributed by atoms with Gasteiger partial charge in [0.25, 0.3) is 0 Å². The van der Waals surface area contributed by atoms with Gasteiger partial charge in [0.2, 0.25) is 15.9 Å². The van der Waals surface area contributed by atoms with Crippen LogP contribution in [0.4, 0.5) is 5.69 Å². The van der Waals surface area contributed by atoms with Gasteiger partial charge >= 0.3 is 0 Å². The van der Waals surface area contributed by atoms with Gasteiger partial charge in [-0.05, 0) is 29.7 Å². The third-order valence-electron chi connectivity index (χ3n) is 5.83. The molecule has 1 amide bonds. The van der Waals surface area contributed by atoms with Crippen LogP contribution in [0.15, 0.2) is 66.1 Å². The second-order valence-electron chi connectivity index (χ2n) is 7.38. The number of carbonyl (C=O) groups is 1. The van der Waals surface area contributed by atoms with Crippen molar-refractivity contribution in [3.8, 4) is 0 Å². The van der Waals surface area contributed by atoms with Crippen molar-refractivity contribution in [2.45, 2.75) is 22.8 Å². The van der Waals surface area contributed by atoms with E-state index in [1.54, 1.807) is 25.5 Å². The number of anilines is 1. The summed E-state index contributed by atoms with van der Waals surface area (Å²) in [5.41, 5.74) is 1.23. The molecule has 148 valence electrons. The zero-order valence-electron chi connectivity index (χ0n) is 15.7. The Hall–Kier alpha value is -3.04. The zero-order chi connectivity index (χ0) is 20.2. The predicted molar refractivity (Wildman–Crippen MR) is 105 cm³/mol. The molecule has 1 fully saturated rings. The van der Waals surface area contributed by atoms with Crippen molar-refractivity contribution in [1.29, 1.82) is 0 Å². The molecular weight excluding hydrogens is 390 g/mol. The maximum absolute atomic E-state index is 13.5. The van der Waals surface area contributed by atoms with Crippen LogP contribution in [0.25, 0.3) is 0 Å². The molecule has 2 atom stereocenters. The Kier molecular flexibility index (Phi) is 3.87. The van der Waals surface area contributed by atoms with E-state index in [1.165, 1.54) is 21.4 Å². The SMILES string of the molecule is Cn1cc(S(=O)(=O)N2CCC3(C(=O)Nc4ccccc43)C2c2cccnc2)cn1. The summed E-state index contributed by atoms with van der Waals surface area (Å²) >= 11 is 0. The lowest BCUT2D eigenvalue weighted by Gasteiger charge is -2.33. The Balaban J connectivity index is 1.72. The Labute approximate surface area is 168 Å². The topological polar surface area (TPSA) is 97.2 Å². The first-order chi connectivity index (χ1) is 13.9. The Morgan fingerprint density at radius 3 is 2.72 bits per heavy atom. The van der Waals surface area contributed by atoms with Gasteiger partial charge in [-0.15, -0.1) is 0 Å². The van der Waals surface area contributed by atoms with Crippen molar-refractivity contribution >= 4 is 21.6 Å². The van der Waals surface area contributed by atoms with Gasteiger partial charge in [0, 0.05) is 37.9 Å². The Bertz CT molecular complexity index is 1210. The molecule has 2 unspecified atom stereocenters. The monoisotopic (exact) mass is 409 g/mol. The predicted octanol–water partition coefficient (Wildman–Crippen LogP) is 1.84. The fraction of sp³-hybridized carbons (Fsp3) is 0.250. The fourth-order valence-electron chi connectivity index (χ4n) is 4.57. The van der Waals surface area contributed by atoms with Crippen LogP contribution in [-0.4, -0.2) is 39.9 Å². The number of amides is 1. The number of fused-ring (bicyclic) bond motifs is 2. The highest BCUT2D eigenvalue weighted by Crippen LogP contribution is 2.55. The van der Waals surface area contributed by atoms with Crippen LogP contribution < -0.4 is 5.32 Å². The van der Waals surface area contributed by atoms with Crippen molar-refractivity contribution < 1.29 is 13.2 Å². The van der Waals surface area contributed by atoms with Gasteiger partial charge < -0.3 is 5.32 Å². The van der Waals surface area contributed by atoms with Crippen LogP contribution in [-0.2, 0) is 27.3 Å². The summed E-state index contributed by atoms with van der Waals surface area (Å²) in [5.74, 6) is -0.184. The molecule has 1 saturated heterocycles. The zero-order valence-corrected chi connectivity index (χ0v) is 16.5. The molecule has 29 heavy (non-hydrogen) atoms. The van der Waals surface area contributed by atoms with Gasteiger partial charge in [-0.25, -0.2) is 8.42 Å². The number of benzene rings is 1. The minimum Gasteiger partial charge on any atom is -0.325 e. The molecule has 1 spiro atoms. The standard InChI is InChI=1S/C20H19N5O3S/c1-24-13-15(12-22-24)29(27,28)25-10-8-20(18(25)14-5-4-9-21-11-14)16-6-2-3-7-17(16)23-19(20)26/h2-7,9,11-13,18H,8,10H2,1H3,(H,23,26). The number of rotatable bonds is 3. The molecule has 0 bridgehead atoms. The highest BCUT2D eigenvalue weighted by molar-refractivity contribution is 7.89. The van der Waals surface area contributed by atoms with Crippen LogP contribution >= 0.6 is 0 Å². The number of hydrogen-bond acceptors (Lipinski definition) is 5. The van der Waals surface area contributed by atoms with Crippen LogP contribution in [0.5, 0.6) is 0 Å². The lowest BCUT2D eigenvalue weighted by Crippen LogP contribution is -2.42. The van der Waals surface area contributed by atoms with E-state index in [0.717, 1.165) is 11.3 Å². The largest absolute Gasteiger partial charge is 0.325 e. The van der Waals surface area contributed by atoms with E-state index < -0.39 is 21.5 Å². The van der Waals surface area contributed by atoms with E-state index in [-0.39, 0.29) is 17.3 Å². The molecule has 4 heterocycles. The molecular formula is C20H19N5O3S. The van der Waals surface area contributed by atoms with Crippen molar-refractivity contribution in [1.82, 2.24) is 19.1 Å². The van der Waals surface area contributed by atoms with Gasteiger partial charge in [-0.1, -0.05) is 24.3 Å². The van der Waals surface area contributed by atoms with E-state index in [4.69, 9.17) is 0 Å².